The van der Waals surface area contributed by atoms with Crippen molar-refractivity contribution in [2.24, 2.45) is 0 Å². The molecule has 0 aromatic heterocycles. The molecule has 0 aliphatic heterocycles. The summed E-state index contributed by atoms with van der Waals surface area (Å²) in [4.78, 5) is 2.45. The zero-order valence-electron chi connectivity index (χ0n) is 12.2. The van der Waals surface area contributed by atoms with Gasteiger partial charge in [0.1, 0.15) is 5.82 Å². The van der Waals surface area contributed by atoms with E-state index in [1.165, 1.54) is 12.1 Å². The molecule has 2 nitrogen and oxygen atoms in total. The summed E-state index contributed by atoms with van der Waals surface area (Å²) < 4.78 is 13.8. The van der Waals surface area contributed by atoms with Gasteiger partial charge in [-0.2, -0.15) is 0 Å². The SMILES string of the molecule is CC(C)N(CCNCc1ccc(F)cc1Br)C(C)C. The van der Waals surface area contributed by atoms with Crippen LogP contribution in [0.5, 0.6) is 0 Å². The third-order valence-electron chi connectivity index (χ3n) is 3.20. The van der Waals surface area contributed by atoms with Crippen molar-refractivity contribution >= 4 is 15.9 Å². The molecule has 0 radical (unpaired) electrons. The van der Waals surface area contributed by atoms with Crippen molar-refractivity contribution in [3.63, 3.8) is 0 Å². The van der Waals surface area contributed by atoms with Crippen LogP contribution in [0.2, 0.25) is 0 Å². The van der Waals surface area contributed by atoms with Gasteiger partial charge in [-0.1, -0.05) is 22.0 Å². The number of hydrogen-bond acceptors (Lipinski definition) is 2. The van der Waals surface area contributed by atoms with Crippen LogP contribution >= 0.6 is 15.9 Å². The van der Waals surface area contributed by atoms with E-state index >= 15 is 0 Å². The first-order chi connectivity index (χ1) is 8.91. The molecule has 19 heavy (non-hydrogen) atoms. The molecule has 1 aromatic rings. The molecule has 0 heterocycles. The van der Waals surface area contributed by atoms with Crippen LogP contribution in [-0.2, 0) is 6.54 Å². The molecule has 1 N–H and O–H groups in total. The summed E-state index contributed by atoms with van der Waals surface area (Å²) in [6, 6.07) is 5.93. The van der Waals surface area contributed by atoms with Crippen LogP contribution in [0, 0.1) is 5.82 Å². The maximum absolute atomic E-state index is 13.0. The highest BCUT2D eigenvalue weighted by Gasteiger charge is 2.12. The molecule has 0 fully saturated rings. The zero-order valence-corrected chi connectivity index (χ0v) is 13.8. The minimum Gasteiger partial charge on any atom is -0.311 e. The minimum atomic E-state index is -0.207. The molecule has 0 spiro atoms. The Kier molecular flexibility index (Phi) is 6.97. The fourth-order valence-corrected chi connectivity index (χ4v) is 2.70. The summed E-state index contributed by atoms with van der Waals surface area (Å²) in [6.07, 6.45) is 0. The van der Waals surface area contributed by atoms with Crippen LogP contribution in [0.1, 0.15) is 33.3 Å². The maximum atomic E-state index is 13.0. The van der Waals surface area contributed by atoms with Gasteiger partial charge in [-0.3, -0.25) is 4.90 Å². The van der Waals surface area contributed by atoms with E-state index in [9.17, 15) is 4.39 Å². The highest BCUT2D eigenvalue weighted by Crippen LogP contribution is 2.17. The number of benzene rings is 1. The van der Waals surface area contributed by atoms with E-state index in [0.29, 0.717) is 12.1 Å². The van der Waals surface area contributed by atoms with E-state index in [4.69, 9.17) is 0 Å². The molecule has 0 amide bonds. The number of rotatable bonds is 7. The summed E-state index contributed by atoms with van der Waals surface area (Å²) in [6.45, 7) is 11.6. The smallest absolute Gasteiger partial charge is 0.124 e. The molecule has 0 atom stereocenters. The molecule has 1 aromatic carbocycles. The first-order valence-corrected chi connectivity index (χ1v) is 7.61. The van der Waals surface area contributed by atoms with Gasteiger partial charge in [-0.25, -0.2) is 4.39 Å². The lowest BCUT2D eigenvalue weighted by molar-refractivity contribution is 0.176. The van der Waals surface area contributed by atoms with Crippen molar-refractivity contribution in [1.29, 1.82) is 0 Å². The van der Waals surface area contributed by atoms with Crippen molar-refractivity contribution in [2.45, 2.75) is 46.3 Å². The fourth-order valence-electron chi connectivity index (χ4n) is 2.21. The Morgan fingerprint density at radius 3 is 2.37 bits per heavy atom. The molecule has 0 aliphatic carbocycles. The summed E-state index contributed by atoms with van der Waals surface area (Å²) in [5.74, 6) is -0.207. The fraction of sp³-hybridized carbons (Fsp3) is 0.600. The van der Waals surface area contributed by atoms with Gasteiger partial charge in [0, 0.05) is 36.2 Å². The highest BCUT2D eigenvalue weighted by atomic mass is 79.9. The number of halogens is 2. The molecule has 108 valence electrons. The maximum Gasteiger partial charge on any atom is 0.124 e. The summed E-state index contributed by atoms with van der Waals surface area (Å²) in [5, 5.41) is 3.41. The van der Waals surface area contributed by atoms with Crippen molar-refractivity contribution in [3.8, 4) is 0 Å². The van der Waals surface area contributed by atoms with Crippen molar-refractivity contribution in [1.82, 2.24) is 10.2 Å². The van der Waals surface area contributed by atoms with E-state index < -0.39 is 0 Å². The van der Waals surface area contributed by atoms with Gasteiger partial charge in [0.2, 0.25) is 0 Å². The van der Waals surface area contributed by atoms with Crippen LogP contribution in [0.15, 0.2) is 22.7 Å². The Bertz CT molecular complexity index is 386. The van der Waals surface area contributed by atoms with Crippen molar-refractivity contribution < 1.29 is 4.39 Å². The molecule has 4 heteroatoms. The third-order valence-corrected chi connectivity index (χ3v) is 3.94. The Morgan fingerprint density at radius 1 is 1.21 bits per heavy atom. The molecule has 0 saturated carbocycles. The predicted molar refractivity (Wildman–Crippen MR) is 82.8 cm³/mol. The largest absolute Gasteiger partial charge is 0.311 e. The van der Waals surface area contributed by atoms with E-state index in [-0.39, 0.29) is 5.82 Å². The Labute approximate surface area is 124 Å². The Morgan fingerprint density at radius 2 is 1.84 bits per heavy atom. The minimum absolute atomic E-state index is 0.207. The Hall–Kier alpha value is -0.450. The molecule has 0 bridgehead atoms. The predicted octanol–water partition coefficient (Wildman–Crippen LogP) is 3.80. The average molecular weight is 331 g/mol. The van der Waals surface area contributed by atoms with E-state index in [0.717, 1.165) is 29.7 Å². The molecular weight excluding hydrogens is 307 g/mol. The van der Waals surface area contributed by atoms with E-state index in [2.05, 4.69) is 53.8 Å². The van der Waals surface area contributed by atoms with E-state index in [1.54, 1.807) is 0 Å². The standard InChI is InChI=1S/C15H24BrFN2/c1-11(2)19(12(3)4)8-7-18-10-13-5-6-14(17)9-15(13)16/h5-6,9,11-12,18H,7-8,10H2,1-4H3. The summed E-state index contributed by atoms with van der Waals surface area (Å²) in [5.41, 5.74) is 1.09. The van der Waals surface area contributed by atoms with Crippen LogP contribution in [0.3, 0.4) is 0 Å². The Balaban J connectivity index is 2.38. The summed E-state index contributed by atoms with van der Waals surface area (Å²) >= 11 is 3.38. The van der Waals surface area contributed by atoms with Gasteiger partial charge < -0.3 is 5.32 Å². The van der Waals surface area contributed by atoms with Crippen LogP contribution in [-0.4, -0.2) is 30.1 Å². The number of nitrogens with zero attached hydrogens (tertiary/aromatic N) is 1. The lowest BCUT2D eigenvalue weighted by atomic mass is 10.2. The third kappa shape index (κ3) is 5.59. The van der Waals surface area contributed by atoms with Gasteiger partial charge in [-0.15, -0.1) is 0 Å². The quantitative estimate of drug-likeness (QED) is 0.765. The van der Waals surface area contributed by atoms with Crippen molar-refractivity contribution in [3.05, 3.63) is 34.1 Å². The van der Waals surface area contributed by atoms with E-state index in [1.807, 2.05) is 6.07 Å². The molecular formula is C15H24BrFN2. The lowest BCUT2D eigenvalue weighted by Crippen LogP contribution is -2.41. The number of nitrogens with one attached hydrogen (secondary N) is 1. The molecule has 0 saturated heterocycles. The van der Waals surface area contributed by atoms with Gasteiger partial charge in [0.15, 0.2) is 0 Å². The average Bonchev–Trinajstić information content (AvgIpc) is 2.30. The van der Waals surface area contributed by atoms with Gasteiger partial charge >= 0.3 is 0 Å². The summed E-state index contributed by atoms with van der Waals surface area (Å²) in [7, 11) is 0. The molecule has 0 aliphatic rings. The second-order valence-corrected chi connectivity index (χ2v) is 6.19. The van der Waals surface area contributed by atoms with Crippen molar-refractivity contribution in [2.75, 3.05) is 13.1 Å². The highest BCUT2D eigenvalue weighted by molar-refractivity contribution is 9.10. The van der Waals surface area contributed by atoms with Crippen LogP contribution < -0.4 is 5.32 Å². The van der Waals surface area contributed by atoms with Crippen LogP contribution in [0.25, 0.3) is 0 Å². The van der Waals surface area contributed by atoms with Gasteiger partial charge in [-0.05, 0) is 45.4 Å². The lowest BCUT2D eigenvalue weighted by Gasteiger charge is -2.30. The first-order valence-electron chi connectivity index (χ1n) is 6.82. The molecule has 1 rings (SSSR count). The second-order valence-electron chi connectivity index (χ2n) is 5.34. The zero-order chi connectivity index (χ0) is 14.4. The van der Waals surface area contributed by atoms with Gasteiger partial charge in [0.25, 0.3) is 0 Å². The van der Waals surface area contributed by atoms with Gasteiger partial charge in [0.05, 0.1) is 0 Å². The van der Waals surface area contributed by atoms with Crippen LogP contribution in [0.4, 0.5) is 4.39 Å². The normalized spacial score (nSPS) is 11.8. The monoisotopic (exact) mass is 330 g/mol. The first kappa shape index (κ1) is 16.6. The second kappa shape index (κ2) is 7.98. The molecule has 0 unspecified atom stereocenters. The topological polar surface area (TPSA) is 15.3 Å². The number of hydrogen-bond donors (Lipinski definition) is 1.